The first-order valence-corrected chi connectivity index (χ1v) is 13.3. The number of alkyl halides is 4. The second-order valence-corrected chi connectivity index (χ2v) is 11.2. The molecule has 1 amide bonds. The van der Waals surface area contributed by atoms with Gasteiger partial charge in [0.05, 0.1) is 27.1 Å². The summed E-state index contributed by atoms with van der Waals surface area (Å²) in [5, 5.41) is 3.10. The average Bonchev–Trinajstić information content (AvgIpc) is 3.47. The van der Waals surface area contributed by atoms with Crippen molar-refractivity contribution in [3.05, 3.63) is 28.3 Å². The summed E-state index contributed by atoms with van der Waals surface area (Å²) in [6.07, 6.45) is 0.0700. The van der Waals surface area contributed by atoms with Gasteiger partial charge in [-0.1, -0.05) is 0 Å². The number of carbonyl (C=O) groups is 1. The van der Waals surface area contributed by atoms with Gasteiger partial charge in [-0.25, -0.2) is 22.9 Å². The van der Waals surface area contributed by atoms with Crippen LogP contribution in [-0.4, -0.2) is 67.9 Å². The van der Waals surface area contributed by atoms with E-state index >= 15 is 0 Å². The van der Waals surface area contributed by atoms with E-state index in [2.05, 4.69) is 15.3 Å². The van der Waals surface area contributed by atoms with E-state index in [1.54, 1.807) is 6.26 Å². The van der Waals surface area contributed by atoms with E-state index in [1.165, 1.54) is 11.0 Å². The zero-order chi connectivity index (χ0) is 24.3. The molecule has 2 unspecified atom stereocenters. The van der Waals surface area contributed by atoms with E-state index in [4.69, 9.17) is 0 Å². The number of carbonyl (C=O) groups excluding carboxylic acids is 1. The summed E-state index contributed by atoms with van der Waals surface area (Å²) in [7, 11) is -1.07. The number of hydrogen-bond acceptors (Lipinski definition) is 6. The van der Waals surface area contributed by atoms with Crippen LogP contribution in [0.4, 0.5) is 23.5 Å². The van der Waals surface area contributed by atoms with Gasteiger partial charge < -0.3 is 10.2 Å². The lowest BCUT2D eigenvalue weighted by Crippen LogP contribution is -2.40. The van der Waals surface area contributed by atoms with Crippen molar-refractivity contribution in [1.82, 2.24) is 19.2 Å². The van der Waals surface area contributed by atoms with Crippen molar-refractivity contribution in [3.8, 4) is 10.6 Å². The van der Waals surface area contributed by atoms with Crippen LogP contribution in [0.3, 0.4) is 0 Å². The first-order valence-electron chi connectivity index (χ1n) is 11.0. The molecule has 5 rings (SSSR count). The van der Waals surface area contributed by atoms with Crippen LogP contribution in [-0.2, 0) is 22.7 Å². The van der Waals surface area contributed by atoms with Crippen molar-refractivity contribution in [2.24, 2.45) is 0 Å². The third-order valence-electron chi connectivity index (χ3n) is 6.82. The minimum Gasteiger partial charge on any atom is -0.351 e. The SMILES string of the molecule is CS(=O)N1CCC(Nc2ncc(C(F)(F)F)c(-c3cc4c(s3)C3(CF)CCCN3C4=O)n2)CC1. The molecule has 3 aliphatic heterocycles. The molecule has 2 atom stereocenters. The van der Waals surface area contributed by atoms with Crippen molar-refractivity contribution < 1.29 is 26.6 Å². The third-order valence-corrected chi connectivity index (χ3v) is 9.25. The van der Waals surface area contributed by atoms with Crippen LogP contribution >= 0.6 is 11.3 Å². The van der Waals surface area contributed by atoms with Crippen molar-refractivity contribution in [2.45, 2.75) is 43.4 Å². The standard InChI is InChI=1S/C21H23F4N5O2S2/c1-34(32)29-7-3-12(4-8-29)27-19-26-10-14(21(23,24)25)16(28-19)15-9-13-17(33-15)20(11-22)5-2-6-30(20)18(13)31/h9-10,12H,2-8,11H2,1H3,(H,26,27,28). The average molecular weight is 518 g/mol. The van der Waals surface area contributed by atoms with Crippen LogP contribution in [0, 0.1) is 0 Å². The predicted molar refractivity (Wildman–Crippen MR) is 121 cm³/mol. The third kappa shape index (κ3) is 3.81. The number of nitrogens with one attached hydrogen (secondary N) is 1. The van der Waals surface area contributed by atoms with Gasteiger partial charge in [0, 0.05) is 43.0 Å². The number of rotatable bonds is 5. The monoisotopic (exact) mass is 517 g/mol. The largest absolute Gasteiger partial charge is 0.420 e. The molecule has 0 spiro atoms. The Balaban J connectivity index is 1.48. The second-order valence-electron chi connectivity index (χ2n) is 8.80. The molecule has 1 N–H and O–H groups in total. The predicted octanol–water partition coefficient (Wildman–Crippen LogP) is 3.81. The number of hydrogen-bond donors (Lipinski definition) is 1. The zero-order valence-electron chi connectivity index (χ0n) is 18.3. The number of nitrogens with zero attached hydrogens (tertiary/aromatic N) is 4. The molecule has 0 bridgehead atoms. The van der Waals surface area contributed by atoms with E-state index in [-0.39, 0.29) is 34.0 Å². The molecular formula is C21H23F4N5O2S2. The van der Waals surface area contributed by atoms with Crippen LogP contribution in [0.15, 0.2) is 12.3 Å². The zero-order valence-corrected chi connectivity index (χ0v) is 20.0. The Labute approximate surface area is 200 Å². The van der Waals surface area contributed by atoms with Gasteiger partial charge >= 0.3 is 6.18 Å². The van der Waals surface area contributed by atoms with Crippen LogP contribution in [0.25, 0.3) is 10.6 Å². The quantitative estimate of drug-likeness (QED) is 0.611. The first-order chi connectivity index (χ1) is 16.1. The highest BCUT2D eigenvalue weighted by atomic mass is 32.2. The Morgan fingerprint density at radius 1 is 1.29 bits per heavy atom. The van der Waals surface area contributed by atoms with Crippen LogP contribution in [0.1, 0.15) is 46.5 Å². The van der Waals surface area contributed by atoms with Gasteiger partial charge in [-0.15, -0.1) is 11.3 Å². The molecule has 2 aromatic rings. The highest BCUT2D eigenvalue weighted by Gasteiger charge is 2.54. The molecule has 0 aliphatic carbocycles. The Kier molecular flexibility index (Phi) is 5.92. The van der Waals surface area contributed by atoms with E-state index in [9.17, 15) is 26.6 Å². The lowest BCUT2D eigenvalue weighted by molar-refractivity contribution is -0.137. The molecule has 0 saturated carbocycles. The van der Waals surface area contributed by atoms with Gasteiger partial charge in [0.15, 0.2) is 0 Å². The summed E-state index contributed by atoms with van der Waals surface area (Å²) in [6, 6.07) is 1.34. The number of amides is 1. The van der Waals surface area contributed by atoms with Crippen molar-refractivity contribution in [1.29, 1.82) is 0 Å². The Morgan fingerprint density at radius 2 is 2.03 bits per heavy atom. The number of aromatic nitrogens is 2. The van der Waals surface area contributed by atoms with Gasteiger partial charge in [0.1, 0.15) is 17.8 Å². The highest BCUT2D eigenvalue weighted by molar-refractivity contribution is 7.81. The molecule has 2 saturated heterocycles. The maximum atomic E-state index is 14.2. The highest BCUT2D eigenvalue weighted by Crippen LogP contribution is 2.52. The number of anilines is 1. The van der Waals surface area contributed by atoms with E-state index in [0.717, 1.165) is 17.5 Å². The van der Waals surface area contributed by atoms with Gasteiger partial charge in [-0.05, 0) is 31.7 Å². The molecule has 3 aliphatic rings. The van der Waals surface area contributed by atoms with E-state index in [0.29, 0.717) is 50.2 Å². The Bertz CT molecular complexity index is 1150. The molecular weight excluding hydrogens is 494 g/mol. The molecule has 5 heterocycles. The lowest BCUT2D eigenvalue weighted by atomic mass is 9.97. The van der Waals surface area contributed by atoms with Crippen molar-refractivity contribution in [3.63, 3.8) is 0 Å². The van der Waals surface area contributed by atoms with Gasteiger partial charge in [0.25, 0.3) is 5.91 Å². The van der Waals surface area contributed by atoms with E-state index < -0.39 is 34.9 Å². The molecule has 2 fully saturated rings. The number of thiophene rings is 1. The van der Waals surface area contributed by atoms with Crippen LogP contribution in [0.2, 0.25) is 0 Å². The fraction of sp³-hybridized carbons (Fsp3) is 0.571. The maximum absolute atomic E-state index is 14.2. The lowest BCUT2D eigenvalue weighted by Gasteiger charge is -2.30. The van der Waals surface area contributed by atoms with E-state index in [1.807, 2.05) is 4.31 Å². The fourth-order valence-corrected chi connectivity index (χ4v) is 7.14. The molecule has 2 aromatic heterocycles. The summed E-state index contributed by atoms with van der Waals surface area (Å²) >= 11 is 1.01. The summed E-state index contributed by atoms with van der Waals surface area (Å²) < 4.78 is 69.1. The van der Waals surface area contributed by atoms with Crippen LogP contribution in [0.5, 0.6) is 0 Å². The summed E-state index contributed by atoms with van der Waals surface area (Å²) in [4.78, 5) is 23.1. The number of fused-ring (bicyclic) bond motifs is 3. The van der Waals surface area contributed by atoms with Crippen LogP contribution < -0.4 is 5.32 Å². The topological polar surface area (TPSA) is 78.4 Å². The molecule has 184 valence electrons. The molecule has 13 heteroatoms. The normalized spacial score (nSPS) is 24.4. The van der Waals surface area contributed by atoms with Gasteiger partial charge in [0.2, 0.25) is 5.95 Å². The maximum Gasteiger partial charge on any atom is 0.420 e. The molecule has 0 aromatic carbocycles. The number of halogens is 4. The van der Waals surface area contributed by atoms with Crippen molar-refractivity contribution >= 4 is 34.2 Å². The van der Waals surface area contributed by atoms with Gasteiger partial charge in [-0.3, -0.25) is 4.79 Å². The minimum atomic E-state index is -4.69. The number of piperidine rings is 1. The fourth-order valence-electron chi connectivity index (χ4n) is 5.05. The molecule has 7 nitrogen and oxygen atoms in total. The Morgan fingerprint density at radius 3 is 2.68 bits per heavy atom. The minimum absolute atomic E-state index is 0.0571. The summed E-state index contributed by atoms with van der Waals surface area (Å²) in [5.41, 5.74) is -2.13. The smallest absolute Gasteiger partial charge is 0.351 e. The Hall–Kier alpha value is -2.12. The first kappa shape index (κ1) is 23.6. The van der Waals surface area contributed by atoms with Gasteiger partial charge in [-0.2, -0.15) is 13.2 Å². The summed E-state index contributed by atoms with van der Waals surface area (Å²) in [6.45, 7) is 0.862. The van der Waals surface area contributed by atoms with Crippen molar-refractivity contribution in [2.75, 3.05) is 37.9 Å². The second kappa shape index (κ2) is 8.52. The molecule has 0 radical (unpaired) electrons. The summed E-state index contributed by atoms with van der Waals surface area (Å²) in [5.74, 6) is -0.282. The molecule has 34 heavy (non-hydrogen) atoms.